The van der Waals surface area contributed by atoms with Crippen molar-refractivity contribution in [2.75, 3.05) is 6.54 Å². The molecule has 2 atom stereocenters. The van der Waals surface area contributed by atoms with Crippen LogP contribution in [-0.2, 0) is 9.59 Å². The molecule has 0 aromatic rings. The maximum atomic E-state index is 13.0. The summed E-state index contributed by atoms with van der Waals surface area (Å²) < 4.78 is 13.0. The molecule has 14 heavy (non-hydrogen) atoms. The van der Waals surface area contributed by atoms with Gasteiger partial charge in [-0.2, -0.15) is 0 Å². The largest absolute Gasteiger partial charge is 0.478 e. The number of halogens is 1. The second kappa shape index (κ2) is 3.94. The third-order valence-corrected chi connectivity index (χ3v) is 2.61. The first-order valence-corrected chi connectivity index (χ1v) is 4.59. The predicted molar refractivity (Wildman–Crippen MR) is 47.2 cm³/mol. The van der Waals surface area contributed by atoms with Crippen LogP contribution in [0.4, 0.5) is 4.39 Å². The topological polar surface area (TPSA) is 57.6 Å². The van der Waals surface area contributed by atoms with Crippen LogP contribution in [0.3, 0.4) is 0 Å². The van der Waals surface area contributed by atoms with Crippen LogP contribution < -0.4 is 0 Å². The van der Waals surface area contributed by atoms with Crippen LogP contribution in [0.15, 0.2) is 0 Å². The lowest BCUT2D eigenvalue weighted by atomic mass is 9.95. The second-order valence-corrected chi connectivity index (χ2v) is 3.93. The monoisotopic (exact) mass is 203 g/mol. The first-order chi connectivity index (χ1) is 6.43. The van der Waals surface area contributed by atoms with Gasteiger partial charge < -0.3 is 10.0 Å². The summed E-state index contributed by atoms with van der Waals surface area (Å²) in [7, 11) is 0. The number of alkyl halides is 1. The predicted octanol–water partition coefficient (Wildman–Crippen LogP) is 0.871. The number of hydrogen-bond donors (Lipinski definition) is 1. The van der Waals surface area contributed by atoms with E-state index in [2.05, 4.69) is 0 Å². The second-order valence-electron chi connectivity index (χ2n) is 3.93. The normalized spacial score (nSPS) is 24.4. The summed E-state index contributed by atoms with van der Waals surface area (Å²) in [6.45, 7) is 4.09. The first kappa shape index (κ1) is 10.9. The van der Waals surface area contributed by atoms with E-state index >= 15 is 0 Å². The highest BCUT2D eigenvalue weighted by Crippen LogP contribution is 2.26. The molecule has 0 aliphatic carbocycles. The summed E-state index contributed by atoms with van der Waals surface area (Å²) in [5.41, 5.74) is 0. The summed E-state index contributed by atoms with van der Waals surface area (Å²) in [5.74, 6) is -1.66. The minimum absolute atomic E-state index is 0.0695. The Kier molecular flexibility index (Phi) is 3.08. The Hall–Kier alpha value is -1.13. The van der Waals surface area contributed by atoms with Crippen molar-refractivity contribution in [2.24, 2.45) is 11.8 Å². The van der Waals surface area contributed by atoms with E-state index in [1.807, 2.05) is 13.8 Å². The average molecular weight is 203 g/mol. The molecule has 0 radical (unpaired) electrons. The molecule has 1 saturated heterocycles. The zero-order valence-corrected chi connectivity index (χ0v) is 8.24. The summed E-state index contributed by atoms with van der Waals surface area (Å²) in [5, 5.41) is 8.42. The van der Waals surface area contributed by atoms with E-state index in [4.69, 9.17) is 5.11 Å². The van der Waals surface area contributed by atoms with Gasteiger partial charge in [0.05, 0.1) is 0 Å². The first-order valence-electron chi connectivity index (χ1n) is 4.59. The van der Waals surface area contributed by atoms with Crippen molar-refractivity contribution < 1.29 is 19.1 Å². The van der Waals surface area contributed by atoms with Gasteiger partial charge >= 0.3 is 5.97 Å². The van der Waals surface area contributed by atoms with Crippen LogP contribution in [0, 0.1) is 11.8 Å². The van der Waals surface area contributed by atoms with Gasteiger partial charge in [-0.1, -0.05) is 13.8 Å². The number of carbonyl (C=O) groups is 2. The molecular weight excluding hydrogens is 189 g/mol. The Morgan fingerprint density at radius 2 is 2.21 bits per heavy atom. The van der Waals surface area contributed by atoms with E-state index in [9.17, 15) is 14.0 Å². The molecule has 80 valence electrons. The molecule has 1 fully saturated rings. The number of carboxylic acid groups (broad SMARTS) is 1. The molecule has 0 bridgehead atoms. The fourth-order valence-electron chi connectivity index (χ4n) is 1.56. The summed E-state index contributed by atoms with van der Waals surface area (Å²) in [6, 6.07) is 0. The highest BCUT2D eigenvalue weighted by atomic mass is 19.1. The molecule has 1 amide bonds. The van der Waals surface area contributed by atoms with E-state index in [-0.39, 0.29) is 24.8 Å². The van der Waals surface area contributed by atoms with Crippen LogP contribution in [0.25, 0.3) is 0 Å². The smallest absolute Gasteiger partial charge is 0.359 e. The summed E-state index contributed by atoms with van der Waals surface area (Å²) in [6.07, 6.45) is -1.93. The number of nitrogens with zero attached hydrogens (tertiary/aromatic N) is 1. The van der Waals surface area contributed by atoms with Gasteiger partial charge in [0.25, 0.3) is 6.30 Å². The number of likely N-dealkylation sites (tertiary alicyclic amines) is 1. The van der Waals surface area contributed by atoms with Crippen molar-refractivity contribution in [2.45, 2.75) is 26.6 Å². The quantitative estimate of drug-likeness (QED) is 0.692. The standard InChI is InChI=1S/C9H14FNO3/c1-5(2)6-3-7(12)11(4-6)8(10)9(13)14/h5-6,8H,3-4H2,1-2H3,(H,13,14). The SMILES string of the molecule is CC(C)C1CC(=O)N(C(F)C(=O)O)C1. The van der Waals surface area contributed by atoms with Gasteiger partial charge in [-0.25, -0.2) is 9.18 Å². The number of rotatable bonds is 3. The lowest BCUT2D eigenvalue weighted by Crippen LogP contribution is -2.39. The Morgan fingerprint density at radius 3 is 2.57 bits per heavy atom. The van der Waals surface area contributed by atoms with Crippen molar-refractivity contribution in [3.63, 3.8) is 0 Å². The number of carboxylic acids is 1. The molecule has 0 saturated carbocycles. The van der Waals surface area contributed by atoms with Crippen LogP contribution in [0.2, 0.25) is 0 Å². The Bertz CT molecular complexity index is 254. The maximum absolute atomic E-state index is 13.0. The van der Waals surface area contributed by atoms with E-state index < -0.39 is 18.2 Å². The molecule has 0 aromatic carbocycles. The van der Waals surface area contributed by atoms with Gasteiger partial charge in [-0.15, -0.1) is 0 Å². The highest BCUT2D eigenvalue weighted by molar-refractivity contribution is 5.84. The van der Waals surface area contributed by atoms with Gasteiger partial charge in [0, 0.05) is 13.0 Å². The van der Waals surface area contributed by atoms with Gasteiger partial charge in [0.15, 0.2) is 0 Å². The van der Waals surface area contributed by atoms with Gasteiger partial charge in [0.1, 0.15) is 0 Å². The zero-order chi connectivity index (χ0) is 10.9. The summed E-state index contributed by atoms with van der Waals surface area (Å²) in [4.78, 5) is 22.4. The lowest BCUT2D eigenvalue weighted by Gasteiger charge is -2.18. The van der Waals surface area contributed by atoms with Crippen molar-refractivity contribution in [1.29, 1.82) is 0 Å². The molecule has 0 spiro atoms. The fraction of sp³-hybridized carbons (Fsp3) is 0.778. The van der Waals surface area contributed by atoms with Gasteiger partial charge in [-0.3, -0.25) is 4.79 Å². The molecule has 5 heteroatoms. The molecule has 1 N–H and O–H groups in total. The number of carbonyl (C=O) groups excluding carboxylic acids is 1. The zero-order valence-electron chi connectivity index (χ0n) is 8.24. The maximum Gasteiger partial charge on any atom is 0.359 e. The van der Waals surface area contributed by atoms with Gasteiger partial charge in [-0.05, 0) is 11.8 Å². The van der Waals surface area contributed by atoms with Crippen LogP contribution in [0.1, 0.15) is 20.3 Å². The van der Waals surface area contributed by atoms with Crippen molar-refractivity contribution in [3.8, 4) is 0 Å². The number of aliphatic carboxylic acids is 1. The number of hydrogen-bond acceptors (Lipinski definition) is 2. The molecule has 1 heterocycles. The molecule has 4 nitrogen and oxygen atoms in total. The molecule has 2 unspecified atom stereocenters. The minimum Gasteiger partial charge on any atom is -0.478 e. The van der Waals surface area contributed by atoms with E-state index in [1.54, 1.807) is 0 Å². The van der Waals surface area contributed by atoms with Crippen molar-refractivity contribution in [3.05, 3.63) is 0 Å². The Balaban J connectivity index is 2.65. The van der Waals surface area contributed by atoms with E-state index in [1.165, 1.54) is 0 Å². The molecular formula is C9H14FNO3. The van der Waals surface area contributed by atoms with Crippen molar-refractivity contribution in [1.82, 2.24) is 4.90 Å². The Labute approximate surface area is 81.7 Å². The van der Waals surface area contributed by atoms with Gasteiger partial charge in [0.2, 0.25) is 5.91 Å². The summed E-state index contributed by atoms with van der Waals surface area (Å²) >= 11 is 0. The molecule has 1 rings (SSSR count). The van der Waals surface area contributed by atoms with Crippen LogP contribution >= 0.6 is 0 Å². The minimum atomic E-state index is -2.19. The fourth-order valence-corrected chi connectivity index (χ4v) is 1.56. The molecule has 0 aromatic heterocycles. The van der Waals surface area contributed by atoms with E-state index in [0.717, 1.165) is 4.90 Å². The number of amides is 1. The molecule has 1 aliphatic heterocycles. The lowest BCUT2D eigenvalue weighted by molar-refractivity contribution is -0.155. The van der Waals surface area contributed by atoms with Crippen LogP contribution in [0.5, 0.6) is 0 Å². The third-order valence-electron chi connectivity index (χ3n) is 2.61. The van der Waals surface area contributed by atoms with Crippen LogP contribution in [-0.4, -0.2) is 34.7 Å². The molecule has 1 aliphatic rings. The highest BCUT2D eigenvalue weighted by Gasteiger charge is 2.38. The average Bonchev–Trinajstić information content (AvgIpc) is 2.46. The van der Waals surface area contributed by atoms with E-state index in [0.29, 0.717) is 0 Å². The van der Waals surface area contributed by atoms with Crippen molar-refractivity contribution >= 4 is 11.9 Å². The third kappa shape index (κ3) is 2.02. The Morgan fingerprint density at radius 1 is 1.64 bits per heavy atom.